The van der Waals surface area contributed by atoms with E-state index in [0.29, 0.717) is 13.0 Å². The summed E-state index contributed by atoms with van der Waals surface area (Å²) in [6.45, 7) is 10.1. The van der Waals surface area contributed by atoms with Crippen LogP contribution in [0.4, 0.5) is 5.69 Å². The number of fused-ring (bicyclic) bond motifs is 1. The second kappa shape index (κ2) is 9.98. The maximum atomic E-state index is 12.3. The molecule has 0 radical (unpaired) electrons. The fourth-order valence-electron chi connectivity index (χ4n) is 3.99. The van der Waals surface area contributed by atoms with E-state index >= 15 is 0 Å². The molecule has 0 spiro atoms. The maximum Gasteiger partial charge on any atom is 0.227 e. The average Bonchev–Trinajstić information content (AvgIpc) is 3.17. The number of aromatic nitrogens is 1. The van der Waals surface area contributed by atoms with Crippen LogP contribution in [0.3, 0.4) is 0 Å². The predicted molar refractivity (Wildman–Crippen MR) is 124 cm³/mol. The minimum atomic E-state index is -0.0455. The van der Waals surface area contributed by atoms with Crippen molar-refractivity contribution >= 4 is 22.5 Å². The van der Waals surface area contributed by atoms with Crippen molar-refractivity contribution in [2.75, 3.05) is 44.8 Å². The van der Waals surface area contributed by atoms with Crippen LogP contribution >= 0.6 is 0 Å². The first-order valence-corrected chi connectivity index (χ1v) is 11.0. The van der Waals surface area contributed by atoms with Crippen LogP contribution in [-0.4, -0.2) is 54.8 Å². The minimum absolute atomic E-state index is 0.0455. The Bertz CT molecular complexity index is 1040. The monoisotopic (exact) mass is 421 g/mol. The Labute approximate surface area is 183 Å². The summed E-state index contributed by atoms with van der Waals surface area (Å²) >= 11 is 0. The number of rotatable bonds is 8. The van der Waals surface area contributed by atoms with Crippen molar-refractivity contribution in [2.24, 2.45) is 0 Å². The zero-order valence-corrected chi connectivity index (χ0v) is 18.4. The first-order chi connectivity index (χ1) is 15.1. The highest BCUT2D eigenvalue weighted by atomic mass is 16.5. The molecule has 2 aromatic carbocycles. The molecule has 1 saturated heterocycles. The molecule has 0 saturated carbocycles. The third kappa shape index (κ3) is 5.66. The quantitative estimate of drug-likeness (QED) is 0.597. The van der Waals surface area contributed by atoms with Gasteiger partial charge in [-0.05, 0) is 49.7 Å². The molecule has 0 atom stereocenters. The third-order valence-corrected chi connectivity index (χ3v) is 5.73. The van der Waals surface area contributed by atoms with Crippen molar-refractivity contribution in [3.63, 3.8) is 0 Å². The molecule has 1 N–H and O–H groups in total. The maximum absolute atomic E-state index is 12.3. The van der Waals surface area contributed by atoms with Crippen LogP contribution in [0.1, 0.15) is 17.5 Å². The number of nitrogens with one attached hydrogen (secondary N) is 1. The summed E-state index contributed by atoms with van der Waals surface area (Å²) in [4.78, 5) is 14.8. The van der Waals surface area contributed by atoms with Crippen LogP contribution in [0.15, 0.2) is 48.7 Å². The summed E-state index contributed by atoms with van der Waals surface area (Å²) in [6.07, 6.45) is 2.43. The lowest BCUT2D eigenvalue weighted by Crippen LogP contribution is -2.38. The SMILES string of the molecule is Cc1ccc(OCCC(=O)Nc2ccc3c(ccn3CCN3CCOCC3)c2)c(C)c1. The van der Waals surface area contributed by atoms with Crippen LogP contribution in [0.5, 0.6) is 5.75 Å². The van der Waals surface area contributed by atoms with E-state index in [1.54, 1.807) is 0 Å². The summed E-state index contributed by atoms with van der Waals surface area (Å²) < 4.78 is 13.5. The van der Waals surface area contributed by atoms with Gasteiger partial charge in [0.05, 0.1) is 26.2 Å². The molecule has 6 heteroatoms. The van der Waals surface area contributed by atoms with Gasteiger partial charge >= 0.3 is 0 Å². The lowest BCUT2D eigenvalue weighted by atomic mass is 10.1. The molecule has 1 fully saturated rings. The molecule has 2 heterocycles. The molecular weight excluding hydrogens is 390 g/mol. The normalized spacial score (nSPS) is 14.6. The van der Waals surface area contributed by atoms with Gasteiger partial charge in [0.2, 0.25) is 5.91 Å². The predicted octanol–water partition coefficient (Wildman–Crippen LogP) is 4.00. The minimum Gasteiger partial charge on any atom is -0.493 e. The van der Waals surface area contributed by atoms with Crippen LogP contribution in [0.2, 0.25) is 0 Å². The van der Waals surface area contributed by atoms with Crippen molar-refractivity contribution < 1.29 is 14.3 Å². The number of benzene rings is 2. The summed E-state index contributed by atoms with van der Waals surface area (Å²) in [5, 5.41) is 4.12. The van der Waals surface area contributed by atoms with Crippen molar-refractivity contribution in [2.45, 2.75) is 26.8 Å². The molecular formula is C25H31N3O3. The van der Waals surface area contributed by atoms with E-state index in [2.05, 4.69) is 46.1 Å². The number of anilines is 1. The van der Waals surface area contributed by atoms with Crippen LogP contribution < -0.4 is 10.1 Å². The first kappa shape index (κ1) is 21.4. The zero-order chi connectivity index (χ0) is 21.6. The first-order valence-electron chi connectivity index (χ1n) is 11.0. The molecule has 4 rings (SSSR count). The number of hydrogen-bond acceptors (Lipinski definition) is 4. The van der Waals surface area contributed by atoms with E-state index in [-0.39, 0.29) is 5.91 Å². The van der Waals surface area contributed by atoms with Gasteiger partial charge in [0, 0.05) is 49.0 Å². The lowest BCUT2D eigenvalue weighted by Gasteiger charge is -2.26. The van der Waals surface area contributed by atoms with Crippen molar-refractivity contribution in [3.8, 4) is 5.75 Å². The molecule has 0 aliphatic carbocycles. The highest BCUT2D eigenvalue weighted by Crippen LogP contribution is 2.22. The number of nitrogens with zero attached hydrogens (tertiary/aromatic N) is 2. The summed E-state index contributed by atoms with van der Waals surface area (Å²) in [6, 6.07) is 14.2. The molecule has 6 nitrogen and oxygen atoms in total. The molecule has 0 unspecified atom stereocenters. The van der Waals surface area contributed by atoms with Gasteiger partial charge in [0.1, 0.15) is 5.75 Å². The van der Waals surface area contributed by atoms with Gasteiger partial charge in [-0.25, -0.2) is 0 Å². The second-order valence-electron chi connectivity index (χ2n) is 8.15. The Kier molecular flexibility index (Phi) is 6.89. The standard InChI is InChI=1S/C25H31N3O3/c1-19-3-6-24(20(2)17-19)31-14-8-25(29)26-22-4-5-23-21(18-22)7-9-28(23)11-10-27-12-15-30-16-13-27/h3-7,9,17-18H,8,10-16H2,1-2H3,(H,26,29). The van der Waals surface area contributed by atoms with E-state index in [1.807, 2.05) is 31.2 Å². The van der Waals surface area contributed by atoms with Gasteiger partial charge in [0.25, 0.3) is 0 Å². The van der Waals surface area contributed by atoms with Gasteiger partial charge in [-0.2, -0.15) is 0 Å². The number of hydrogen-bond donors (Lipinski definition) is 1. The fraction of sp³-hybridized carbons (Fsp3) is 0.400. The highest BCUT2D eigenvalue weighted by molar-refractivity contribution is 5.94. The van der Waals surface area contributed by atoms with Crippen molar-refractivity contribution in [1.82, 2.24) is 9.47 Å². The van der Waals surface area contributed by atoms with Gasteiger partial charge in [-0.15, -0.1) is 0 Å². The zero-order valence-electron chi connectivity index (χ0n) is 18.4. The number of ether oxygens (including phenoxy) is 2. The highest BCUT2D eigenvalue weighted by Gasteiger charge is 2.11. The smallest absolute Gasteiger partial charge is 0.227 e. The van der Waals surface area contributed by atoms with Crippen molar-refractivity contribution in [1.29, 1.82) is 0 Å². The molecule has 0 bridgehead atoms. The molecule has 3 aromatic rings. The Hall–Kier alpha value is -2.83. The van der Waals surface area contributed by atoms with Gasteiger partial charge in [-0.3, -0.25) is 9.69 Å². The molecule has 1 aliphatic rings. The number of carbonyl (C=O) groups is 1. The molecule has 1 aliphatic heterocycles. The molecule has 1 aromatic heterocycles. The Morgan fingerprint density at radius 2 is 1.90 bits per heavy atom. The largest absolute Gasteiger partial charge is 0.493 e. The Morgan fingerprint density at radius 3 is 2.71 bits per heavy atom. The third-order valence-electron chi connectivity index (χ3n) is 5.73. The number of amides is 1. The average molecular weight is 422 g/mol. The Morgan fingerprint density at radius 1 is 1.06 bits per heavy atom. The molecule has 31 heavy (non-hydrogen) atoms. The summed E-state index contributed by atoms with van der Waals surface area (Å²) in [7, 11) is 0. The van der Waals surface area contributed by atoms with Gasteiger partial charge in [0.15, 0.2) is 0 Å². The van der Waals surface area contributed by atoms with Crippen LogP contribution in [0.25, 0.3) is 10.9 Å². The van der Waals surface area contributed by atoms with E-state index in [9.17, 15) is 4.79 Å². The van der Waals surface area contributed by atoms with E-state index in [4.69, 9.17) is 9.47 Å². The van der Waals surface area contributed by atoms with Gasteiger partial charge in [-0.1, -0.05) is 17.7 Å². The topological polar surface area (TPSA) is 55.7 Å². The van der Waals surface area contributed by atoms with Crippen molar-refractivity contribution in [3.05, 3.63) is 59.8 Å². The molecule has 164 valence electrons. The van der Waals surface area contributed by atoms with Gasteiger partial charge < -0.3 is 19.4 Å². The number of morpholine rings is 1. The Balaban J connectivity index is 1.28. The van der Waals surface area contributed by atoms with Crippen LogP contribution in [0, 0.1) is 13.8 Å². The van der Waals surface area contributed by atoms with Crippen LogP contribution in [-0.2, 0) is 16.1 Å². The summed E-state index contributed by atoms with van der Waals surface area (Å²) in [5.74, 6) is 0.786. The van der Waals surface area contributed by atoms with E-state index < -0.39 is 0 Å². The van der Waals surface area contributed by atoms with E-state index in [0.717, 1.165) is 61.8 Å². The lowest BCUT2D eigenvalue weighted by molar-refractivity contribution is -0.116. The molecule has 1 amide bonds. The summed E-state index contributed by atoms with van der Waals surface area (Å²) in [5.41, 5.74) is 4.29. The fourth-order valence-corrected chi connectivity index (χ4v) is 3.99. The second-order valence-corrected chi connectivity index (χ2v) is 8.15. The number of aryl methyl sites for hydroxylation is 2. The van der Waals surface area contributed by atoms with E-state index in [1.165, 1.54) is 11.1 Å². The number of carbonyl (C=O) groups excluding carboxylic acids is 1.